The number of rotatable bonds is 6. The van der Waals surface area contributed by atoms with Crippen LogP contribution in [0.5, 0.6) is 0 Å². The first kappa shape index (κ1) is 19.7. The molecule has 6 nitrogen and oxygen atoms in total. The maximum Gasteiger partial charge on any atom is 1.00 e. The van der Waals surface area contributed by atoms with Crippen LogP contribution in [0, 0.1) is 12.8 Å². The van der Waals surface area contributed by atoms with Gasteiger partial charge < -0.3 is 15.2 Å². The molecule has 0 unspecified atom stereocenters. The number of hydrogen-bond acceptors (Lipinski definition) is 4. The molecule has 0 radical (unpaired) electrons. The van der Waals surface area contributed by atoms with Gasteiger partial charge in [-0.05, 0) is 25.0 Å². The molecule has 1 aliphatic rings. The van der Waals surface area contributed by atoms with Gasteiger partial charge in [-0.3, -0.25) is 9.48 Å². The van der Waals surface area contributed by atoms with E-state index in [4.69, 9.17) is 0 Å². The zero-order valence-electron chi connectivity index (χ0n) is 14.8. The molecule has 1 aliphatic carbocycles. The molecule has 1 N–H and O–H groups in total. The average molecular weight is 349 g/mol. The standard InChI is InChI=1S/C18H21N3O3.Na/c1-12-10-14(20-21(12)2)8-9-19-16(22)15-11-18(15,17(23)24)13-6-4-3-5-7-13;/h3-7,10,15H,8-9,11H2,1-2H3,(H,19,22)(H,23,24);/q;+1/p-1/t15-,18+;/m0./s1. The molecular weight excluding hydrogens is 329 g/mol. The Balaban J connectivity index is 0.00000225. The summed E-state index contributed by atoms with van der Waals surface area (Å²) in [6.45, 7) is 2.40. The third kappa shape index (κ3) is 3.81. The zero-order chi connectivity index (χ0) is 17.3. The first-order chi connectivity index (χ1) is 11.4. The predicted molar refractivity (Wildman–Crippen MR) is 85.9 cm³/mol. The van der Waals surface area contributed by atoms with Crippen molar-refractivity contribution in [1.82, 2.24) is 15.1 Å². The number of carboxylic acids is 1. The van der Waals surface area contributed by atoms with Crippen LogP contribution in [0.3, 0.4) is 0 Å². The van der Waals surface area contributed by atoms with E-state index < -0.39 is 17.3 Å². The first-order valence-corrected chi connectivity index (χ1v) is 7.99. The minimum absolute atomic E-state index is 0. The van der Waals surface area contributed by atoms with Crippen molar-refractivity contribution in [3.8, 4) is 0 Å². The molecule has 0 aliphatic heterocycles. The van der Waals surface area contributed by atoms with Crippen LogP contribution < -0.4 is 40.0 Å². The van der Waals surface area contributed by atoms with Gasteiger partial charge >= 0.3 is 29.6 Å². The Morgan fingerprint density at radius 1 is 1.36 bits per heavy atom. The quantitative estimate of drug-likeness (QED) is 0.567. The summed E-state index contributed by atoms with van der Waals surface area (Å²) in [5.74, 6) is -2.00. The van der Waals surface area contributed by atoms with Gasteiger partial charge in [-0.25, -0.2) is 0 Å². The second-order valence-corrected chi connectivity index (χ2v) is 6.32. The van der Waals surface area contributed by atoms with Gasteiger partial charge in [0.2, 0.25) is 5.91 Å². The van der Waals surface area contributed by atoms with Crippen LogP contribution >= 0.6 is 0 Å². The molecule has 2 atom stereocenters. The van der Waals surface area contributed by atoms with Crippen molar-refractivity contribution in [2.45, 2.75) is 25.2 Å². The van der Waals surface area contributed by atoms with Crippen molar-refractivity contribution in [1.29, 1.82) is 0 Å². The number of benzene rings is 1. The third-order valence-electron chi connectivity index (χ3n) is 4.78. The molecule has 1 heterocycles. The summed E-state index contributed by atoms with van der Waals surface area (Å²) in [5, 5.41) is 18.8. The van der Waals surface area contributed by atoms with E-state index in [0.29, 0.717) is 18.5 Å². The van der Waals surface area contributed by atoms with Crippen LogP contribution in [-0.4, -0.2) is 28.2 Å². The number of nitrogens with one attached hydrogen (secondary N) is 1. The van der Waals surface area contributed by atoms with Crippen molar-refractivity contribution in [3.63, 3.8) is 0 Å². The molecule has 0 bridgehead atoms. The predicted octanol–water partition coefficient (Wildman–Crippen LogP) is -2.90. The molecule has 1 aromatic heterocycles. The number of carbonyl (C=O) groups is 2. The summed E-state index contributed by atoms with van der Waals surface area (Å²) in [6, 6.07) is 10.8. The van der Waals surface area contributed by atoms with Gasteiger partial charge in [0.25, 0.3) is 0 Å². The fraction of sp³-hybridized carbons (Fsp3) is 0.389. The van der Waals surface area contributed by atoms with Crippen LogP contribution in [0.4, 0.5) is 0 Å². The van der Waals surface area contributed by atoms with Gasteiger partial charge in [0.05, 0.1) is 17.6 Å². The van der Waals surface area contributed by atoms with Crippen molar-refractivity contribution in [3.05, 3.63) is 53.3 Å². The molecule has 2 aromatic rings. The number of carbonyl (C=O) groups excluding carboxylic acids is 2. The molecule has 1 aromatic carbocycles. The fourth-order valence-corrected chi connectivity index (χ4v) is 3.17. The van der Waals surface area contributed by atoms with Crippen LogP contribution in [0.1, 0.15) is 23.4 Å². The van der Waals surface area contributed by atoms with Crippen LogP contribution in [-0.2, 0) is 28.5 Å². The minimum Gasteiger partial charge on any atom is -0.549 e. The maximum absolute atomic E-state index is 12.3. The Hall–Kier alpha value is -1.63. The molecule has 0 spiro atoms. The number of hydrogen-bond donors (Lipinski definition) is 1. The van der Waals surface area contributed by atoms with Crippen LogP contribution in [0.25, 0.3) is 0 Å². The molecule has 1 saturated carbocycles. The smallest absolute Gasteiger partial charge is 0.549 e. The second-order valence-electron chi connectivity index (χ2n) is 6.32. The van der Waals surface area contributed by atoms with E-state index in [1.807, 2.05) is 26.1 Å². The first-order valence-electron chi connectivity index (χ1n) is 7.99. The Kier molecular flexibility index (Phi) is 6.08. The molecular formula is C18H20N3NaO3. The Bertz CT molecular complexity index is 756. The SMILES string of the molecule is Cc1cc(CCNC(=O)[C@@H]2C[C@@]2(C(=O)[O-])c2ccccc2)nn1C.[Na+]. The molecule has 7 heteroatoms. The summed E-state index contributed by atoms with van der Waals surface area (Å²) in [6.07, 6.45) is 0.900. The van der Waals surface area contributed by atoms with E-state index in [0.717, 1.165) is 11.4 Å². The summed E-state index contributed by atoms with van der Waals surface area (Å²) in [7, 11) is 1.87. The van der Waals surface area contributed by atoms with Crippen molar-refractivity contribution < 1.29 is 44.3 Å². The Morgan fingerprint density at radius 2 is 2.04 bits per heavy atom. The van der Waals surface area contributed by atoms with Gasteiger partial charge in [-0.1, -0.05) is 30.3 Å². The van der Waals surface area contributed by atoms with Crippen molar-refractivity contribution in [2.75, 3.05) is 6.54 Å². The fourth-order valence-electron chi connectivity index (χ4n) is 3.17. The number of amides is 1. The summed E-state index contributed by atoms with van der Waals surface area (Å²) in [5.41, 5.74) is 1.40. The van der Waals surface area contributed by atoms with Crippen molar-refractivity contribution in [2.24, 2.45) is 13.0 Å². The summed E-state index contributed by atoms with van der Waals surface area (Å²) >= 11 is 0. The summed E-state index contributed by atoms with van der Waals surface area (Å²) in [4.78, 5) is 24.0. The summed E-state index contributed by atoms with van der Waals surface area (Å²) < 4.78 is 1.79. The van der Waals surface area contributed by atoms with Crippen molar-refractivity contribution >= 4 is 11.9 Å². The van der Waals surface area contributed by atoms with E-state index in [-0.39, 0.29) is 41.9 Å². The van der Waals surface area contributed by atoms with Gasteiger partial charge in [0.1, 0.15) is 0 Å². The third-order valence-corrected chi connectivity index (χ3v) is 4.78. The Morgan fingerprint density at radius 3 is 2.60 bits per heavy atom. The molecule has 126 valence electrons. The van der Waals surface area contributed by atoms with Crippen LogP contribution in [0.2, 0.25) is 0 Å². The molecule has 1 amide bonds. The van der Waals surface area contributed by atoms with E-state index in [1.165, 1.54) is 0 Å². The molecule has 0 saturated heterocycles. The van der Waals surface area contributed by atoms with Gasteiger partial charge in [0.15, 0.2) is 0 Å². The monoisotopic (exact) mass is 349 g/mol. The molecule has 3 rings (SSSR count). The van der Waals surface area contributed by atoms with E-state index >= 15 is 0 Å². The number of nitrogens with zero attached hydrogens (tertiary/aromatic N) is 2. The number of aliphatic carboxylic acids is 1. The average Bonchev–Trinajstić information content (AvgIpc) is 3.25. The van der Waals surface area contributed by atoms with E-state index in [2.05, 4.69) is 10.4 Å². The second kappa shape index (κ2) is 7.72. The van der Waals surface area contributed by atoms with Gasteiger partial charge in [-0.2, -0.15) is 5.10 Å². The number of carboxylic acid groups (broad SMARTS) is 1. The normalized spacial score (nSPS) is 21.3. The maximum atomic E-state index is 12.3. The number of aryl methyl sites for hydroxylation is 2. The van der Waals surface area contributed by atoms with Gasteiger partial charge in [0, 0.05) is 31.1 Å². The largest absolute Gasteiger partial charge is 1.00 e. The Labute approximate surface area is 168 Å². The molecule has 25 heavy (non-hydrogen) atoms. The van der Waals surface area contributed by atoms with Crippen LogP contribution in [0.15, 0.2) is 36.4 Å². The van der Waals surface area contributed by atoms with Gasteiger partial charge in [-0.15, -0.1) is 0 Å². The number of aromatic nitrogens is 2. The molecule has 1 fully saturated rings. The van der Waals surface area contributed by atoms with E-state index in [1.54, 1.807) is 28.9 Å². The zero-order valence-corrected chi connectivity index (χ0v) is 16.8. The minimum atomic E-state index is -1.19. The topological polar surface area (TPSA) is 87.1 Å². The van der Waals surface area contributed by atoms with E-state index in [9.17, 15) is 14.7 Å².